The first kappa shape index (κ1) is 21.5. The first-order valence-electron chi connectivity index (χ1n) is 8.69. The minimum Gasteiger partial charge on any atom is -0.548 e. The molecule has 0 saturated carbocycles. The minimum atomic E-state index is -1.36. The quantitative estimate of drug-likeness (QED) is 0.686. The molecule has 0 aliphatic rings. The molecule has 2 N–H and O–H groups in total. The number of hydrogen-bond donors (Lipinski definition) is 2. The van der Waals surface area contributed by atoms with E-state index in [0.29, 0.717) is 6.42 Å². The molecule has 0 bridgehead atoms. The van der Waals surface area contributed by atoms with Crippen molar-refractivity contribution in [1.29, 1.82) is 0 Å². The average molecular weight is 363 g/mol. The van der Waals surface area contributed by atoms with Crippen LogP contribution in [-0.2, 0) is 20.9 Å². The molecule has 144 valence electrons. The van der Waals surface area contributed by atoms with Gasteiger partial charge in [-0.2, -0.15) is 0 Å². The van der Waals surface area contributed by atoms with Crippen LogP contribution < -0.4 is 15.7 Å². The van der Waals surface area contributed by atoms with E-state index in [4.69, 9.17) is 4.74 Å². The van der Waals surface area contributed by atoms with Gasteiger partial charge < -0.3 is 25.3 Å². The molecule has 0 radical (unpaired) electrons. The Balaban J connectivity index is 2.68. The molecule has 26 heavy (non-hydrogen) atoms. The number of amides is 2. The molecule has 0 aliphatic heterocycles. The fraction of sp³-hybridized carbons (Fsp3) is 0.526. The van der Waals surface area contributed by atoms with Gasteiger partial charge in [-0.1, -0.05) is 58.0 Å². The monoisotopic (exact) mass is 363 g/mol. The zero-order valence-electron chi connectivity index (χ0n) is 15.7. The van der Waals surface area contributed by atoms with Gasteiger partial charge >= 0.3 is 6.09 Å². The van der Waals surface area contributed by atoms with Gasteiger partial charge in [-0.15, -0.1) is 0 Å². The maximum Gasteiger partial charge on any atom is 0.408 e. The number of carboxylic acids is 1. The molecule has 2 atom stereocenters. The molecule has 0 unspecified atom stereocenters. The lowest BCUT2D eigenvalue weighted by molar-refractivity contribution is -0.309. The van der Waals surface area contributed by atoms with Gasteiger partial charge in [-0.05, 0) is 23.8 Å². The molecule has 0 saturated heterocycles. The molecule has 0 aromatic heterocycles. The van der Waals surface area contributed by atoms with E-state index in [1.807, 2.05) is 44.2 Å². The van der Waals surface area contributed by atoms with Crippen LogP contribution in [0.15, 0.2) is 30.3 Å². The van der Waals surface area contributed by atoms with Crippen molar-refractivity contribution in [2.45, 2.75) is 52.8 Å². The van der Waals surface area contributed by atoms with Crippen LogP contribution >= 0.6 is 0 Å². The van der Waals surface area contributed by atoms with Crippen molar-refractivity contribution < 1.29 is 24.2 Å². The van der Waals surface area contributed by atoms with Gasteiger partial charge in [0.15, 0.2) is 0 Å². The lowest BCUT2D eigenvalue weighted by Gasteiger charge is -2.27. The van der Waals surface area contributed by atoms with Crippen LogP contribution in [0, 0.1) is 11.8 Å². The van der Waals surface area contributed by atoms with Crippen LogP contribution in [0.2, 0.25) is 0 Å². The van der Waals surface area contributed by atoms with Crippen molar-refractivity contribution in [3.8, 4) is 0 Å². The van der Waals surface area contributed by atoms with Crippen molar-refractivity contribution in [3.63, 3.8) is 0 Å². The third kappa shape index (κ3) is 7.55. The average Bonchev–Trinajstić information content (AvgIpc) is 2.57. The van der Waals surface area contributed by atoms with E-state index in [-0.39, 0.29) is 18.4 Å². The number of alkyl carbamates (subject to hydrolysis) is 1. The third-order valence-corrected chi connectivity index (χ3v) is 3.75. The Morgan fingerprint density at radius 3 is 2.15 bits per heavy atom. The Morgan fingerprint density at radius 2 is 1.65 bits per heavy atom. The van der Waals surface area contributed by atoms with Crippen molar-refractivity contribution in [3.05, 3.63) is 35.9 Å². The molecule has 1 aromatic carbocycles. The summed E-state index contributed by atoms with van der Waals surface area (Å²) in [5.74, 6) is -2.16. The van der Waals surface area contributed by atoms with E-state index in [1.165, 1.54) is 0 Å². The lowest BCUT2D eigenvalue weighted by Crippen LogP contribution is -2.56. The second-order valence-electron chi connectivity index (χ2n) is 6.94. The Hall–Kier alpha value is -2.57. The van der Waals surface area contributed by atoms with Gasteiger partial charge in [0.2, 0.25) is 5.91 Å². The van der Waals surface area contributed by atoms with Crippen LogP contribution in [0.1, 0.15) is 39.7 Å². The van der Waals surface area contributed by atoms with Crippen LogP contribution in [0.5, 0.6) is 0 Å². The highest BCUT2D eigenvalue weighted by Gasteiger charge is 2.26. The summed E-state index contributed by atoms with van der Waals surface area (Å²) >= 11 is 0. The van der Waals surface area contributed by atoms with E-state index in [2.05, 4.69) is 10.6 Å². The SMILES string of the molecule is CC(C)C[C@@H](NC(=O)OCc1ccccc1)C(=O)N[C@H](C(=O)[O-])C(C)C. The zero-order valence-corrected chi connectivity index (χ0v) is 15.7. The summed E-state index contributed by atoms with van der Waals surface area (Å²) in [6, 6.07) is 7.14. The Morgan fingerprint density at radius 1 is 1.04 bits per heavy atom. The highest BCUT2D eigenvalue weighted by atomic mass is 16.5. The topological polar surface area (TPSA) is 108 Å². The molecular weight excluding hydrogens is 336 g/mol. The molecular formula is C19H27N2O5-. The third-order valence-electron chi connectivity index (χ3n) is 3.75. The summed E-state index contributed by atoms with van der Waals surface area (Å²) in [6.45, 7) is 7.21. The molecule has 7 nitrogen and oxygen atoms in total. The number of nitrogens with one attached hydrogen (secondary N) is 2. The second kappa shape index (κ2) is 10.4. The highest BCUT2D eigenvalue weighted by Crippen LogP contribution is 2.08. The Labute approximate surface area is 154 Å². The number of rotatable bonds is 9. The first-order chi connectivity index (χ1) is 12.2. The maximum absolute atomic E-state index is 12.4. The summed E-state index contributed by atoms with van der Waals surface area (Å²) < 4.78 is 5.13. The van der Waals surface area contributed by atoms with E-state index in [0.717, 1.165) is 5.56 Å². The number of hydrogen-bond acceptors (Lipinski definition) is 5. The molecule has 1 aromatic rings. The zero-order chi connectivity index (χ0) is 19.7. The largest absolute Gasteiger partial charge is 0.548 e. The summed E-state index contributed by atoms with van der Waals surface area (Å²) in [7, 11) is 0. The van der Waals surface area contributed by atoms with Crippen LogP contribution in [0.4, 0.5) is 4.79 Å². The summed E-state index contributed by atoms with van der Waals surface area (Å²) in [4.78, 5) is 35.6. The van der Waals surface area contributed by atoms with Crippen molar-refractivity contribution in [2.24, 2.45) is 11.8 Å². The maximum atomic E-state index is 12.4. The second-order valence-corrected chi connectivity index (χ2v) is 6.94. The first-order valence-corrected chi connectivity index (χ1v) is 8.69. The van der Waals surface area contributed by atoms with Gasteiger partial charge in [-0.3, -0.25) is 4.79 Å². The van der Waals surface area contributed by atoms with Crippen LogP contribution in [-0.4, -0.2) is 30.1 Å². The smallest absolute Gasteiger partial charge is 0.408 e. The predicted octanol–water partition coefficient (Wildman–Crippen LogP) is 1.22. The fourth-order valence-corrected chi connectivity index (χ4v) is 2.36. The normalized spacial score (nSPS) is 13.2. The predicted molar refractivity (Wildman–Crippen MR) is 94.8 cm³/mol. The van der Waals surface area contributed by atoms with E-state index in [9.17, 15) is 19.5 Å². The van der Waals surface area contributed by atoms with E-state index < -0.39 is 30.1 Å². The van der Waals surface area contributed by atoms with Crippen molar-refractivity contribution in [2.75, 3.05) is 0 Å². The molecule has 1 rings (SSSR count). The number of carboxylic acid groups (broad SMARTS) is 1. The molecule has 0 spiro atoms. The Bertz CT molecular complexity index is 601. The van der Waals surface area contributed by atoms with Crippen LogP contribution in [0.3, 0.4) is 0 Å². The molecule has 2 amide bonds. The van der Waals surface area contributed by atoms with E-state index in [1.54, 1.807) is 13.8 Å². The molecule has 0 heterocycles. The highest BCUT2D eigenvalue weighted by molar-refractivity contribution is 5.88. The van der Waals surface area contributed by atoms with E-state index >= 15 is 0 Å². The van der Waals surface area contributed by atoms with Gasteiger partial charge in [0, 0.05) is 0 Å². The fourth-order valence-electron chi connectivity index (χ4n) is 2.36. The summed E-state index contributed by atoms with van der Waals surface area (Å²) in [5, 5.41) is 16.1. The standard InChI is InChI=1S/C19H28N2O5/c1-12(2)10-15(17(22)21-16(13(3)4)18(23)24)20-19(25)26-11-14-8-6-5-7-9-14/h5-9,12-13,15-16H,10-11H2,1-4H3,(H,20,25)(H,21,22)(H,23,24)/p-1/t15-,16+/m1/s1. The Kier molecular flexibility index (Phi) is 8.61. The number of aliphatic carboxylic acids is 1. The summed E-state index contributed by atoms with van der Waals surface area (Å²) in [6.07, 6.45) is -0.381. The van der Waals surface area contributed by atoms with Gasteiger partial charge in [0.25, 0.3) is 0 Å². The number of ether oxygens (including phenoxy) is 1. The van der Waals surface area contributed by atoms with Crippen LogP contribution in [0.25, 0.3) is 0 Å². The minimum absolute atomic E-state index is 0.0797. The van der Waals surface area contributed by atoms with Crippen molar-refractivity contribution >= 4 is 18.0 Å². The number of carbonyl (C=O) groups is 3. The van der Waals surface area contributed by atoms with Gasteiger partial charge in [0.05, 0.1) is 12.0 Å². The lowest BCUT2D eigenvalue weighted by atomic mass is 10.0. The van der Waals surface area contributed by atoms with Gasteiger partial charge in [0.1, 0.15) is 12.6 Å². The molecule has 7 heteroatoms. The number of carbonyl (C=O) groups excluding carboxylic acids is 3. The number of benzene rings is 1. The molecule has 0 fully saturated rings. The van der Waals surface area contributed by atoms with Crippen molar-refractivity contribution in [1.82, 2.24) is 10.6 Å². The molecule has 0 aliphatic carbocycles. The summed E-state index contributed by atoms with van der Waals surface area (Å²) in [5.41, 5.74) is 0.823. The van der Waals surface area contributed by atoms with Gasteiger partial charge in [-0.25, -0.2) is 4.79 Å².